The van der Waals surface area contributed by atoms with Crippen LogP contribution in [0, 0.1) is 6.92 Å². The van der Waals surface area contributed by atoms with Crippen molar-refractivity contribution in [1.82, 2.24) is 0 Å². The minimum Gasteiger partial charge on any atom is -0.493 e. The molecule has 56 heavy (non-hydrogen) atoms. The van der Waals surface area contributed by atoms with E-state index in [1.165, 1.54) is 58.6 Å². The van der Waals surface area contributed by atoms with Crippen molar-refractivity contribution in [2.75, 3.05) is 34.5 Å². The van der Waals surface area contributed by atoms with Gasteiger partial charge in [-0.2, -0.15) is 8.42 Å². The number of fused-ring (bicyclic) bond motifs is 3. The zero-order chi connectivity index (χ0) is 40.5. The molecule has 3 aromatic heterocycles. The van der Waals surface area contributed by atoms with Crippen molar-refractivity contribution in [3.8, 4) is 34.5 Å². The van der Waals surface area contributed by atoms with Gasteiger partial charge in [-0.3, -0.25) is 4.55 Å². The molecule has 0 amide bonds. The molecule has 0 atom stereocenters. The number of carbonyl (C=O) groups is 3. The van der Waals surface area contributed by atoms with Gasteiger partial charge in [-0.05, 0) is 39.0 Å². The number of carboxylic acids is 1. The summed E-state index contributed by atoms with van der Waals surface area (Å²) in [6.07, 6.45) is 0. The van der Waals surface area contributed by atoms with Crippen LogP contribution < -0.4 is 27.9 Å². The number of hydrogen-bond donors (Lipinski definition) is 2. The summed E-state index contributed by atoms with van der Waals surface area (Å²) in [5.41, 5.74) is 0.341. The zero-order valence-electron chi connectivity index (χ0n) is 30.6. The van der Waals surface area contributed by atoms with Crippen LogP contribution in [-0.4, -0.2) is 70.5 Å². The van der Waals surface area contributed by atoms with Crippen molar-refractivity contribution in [2.24, 2.45) is 0 Å². The average molecular weight is 799 g/mol. The highest BCUT2D eigenvalue weighted by Crippen LogP contribution is 2.42. The lowest BCUT2D eigenvalue weighted by atomic mass is 10.1. The number of furan rings is 3. The second-order valence-corrected chi connectivity index (χ2v) is 12.7. The number of methoxy groups -OCH3 is 3. The summed E-state index contributed by atoms with van der Waals surface area (Å²) in [4.78, 5) is 38.5. The fraction of sp³-hybridized carbons (Fsp3) is 0.270. The number of carboxylic acid groups (broad SMARTS) is 1. The Bertz CT molecular complexity index is 2610. The number of hydrogen-bond acceptors (Lipinski definition) is 16. The van der Waals surface area contributed by atoms with Crippen molar-refractivity contribution in [1.29, 1.82) is 0 Å². The molecule has 0 aliphatic heterocycles. The molecule has 0 aliphatic rings. The van der Waals surface area contributed by atoms with Crippen LogP contribution in [0.25, 0.3) is 32.9 Å². The van der Waals surface area contributed by atoms with E-state index in [0.29, 0.717) is 0 Å². The Labute approximate surface area is 317 Å². The van der Waals surface area contributed by atoms with E-state index in [0.717, 1.165) is 6.07 Å². The number of carbonyl (C=O) groups excluding carboxylic acids is 2. The van der Waals surface area contributed by atoms with Gasteiger partial charge >= 0.3 is 28.3 Å². The van der Waals surface area contributed by atoms with Crippen molar-refractivity contribution in [3.63, 3.8) is 0 Å². The zero-order valence-corrected chi connectivity index (χ0v) is 31.4. The van der Waals surface area contributed by atoms with Gasteiger partial charge in [0.05, 0.1) is 34.5 Å². The molecular formula is C37H34O18S. The molecule has 18 nitrogen and oxygen atoms in total. The molecule has 3 aromatic carbocycles. The third kappa shape index (κ3) is 7.53. The number of benzene rings is 3. The first-order valence-electron chi connectivity index (χ1n) is 16.6. The van der Waals surface area contributed by atoms with E-state index in [1.807, 2.05) is 0 Å². The fourth-order valence-electron chi connectivity index (χ4n) is 6.03. The average Bonchev–Trinajstić information content (AvgIpc) is 3.80. The summed E-state index contributed by atoms with van der Waals surface area (Å²) in [6.45, 7) is 3.99. The lowest BCUT2D eigenvalue weighted by Gasteiger charge is -2.11. The highest BCUT2D eigenvalue weighted by Gasteiger charge is 2.29. The maximum Gasteiger partial charge on any atom is 0.446 e. The molecule has 0 saturated heterocycles. The van der Waals surface area contributed by atoms with Gasteiger partial charge in [0.1, 0.15) is 52.4 Å². The van der Waals surface area contributed by atoms with Crippen molar-refractivity contribution in [2.45, 2.75) is 34.0 Å². The Balaban J connectivity index is 1.39. The van der Waals surface area contributed by atoms with Crippen LogP contribution >= 0.6 is 0 Å². The minimum absolute atomic E-state index is 0.00538. The van der Waals surface area contributed by atoms with Crippen LogP contribution in [-0.2, 0) is 33.1 Å². The normalized spacial score (nSPS) is 11.5. The molecule has 0 saturated carbocycles. The number of aromatic carboxylic acids is 1. The predicted molar refractivity (Wildman–Crippen MR) is 193 cm³/mol. The third-order valence-electron chi connectivity index (χ3n) is 8.33. The topological polar surface area (TPSA) is 239 Å². The molecule has 3 heterocycles. The molecular weight excluding hydrogens is 764 g/mol. The minimum atomic E-state index is -4.97. The van der Waals surface area contributed by atoms with E-state index >= 15 is 0 Å². The third-order valence-corrected chi connectivity index (χ3v) is 8.72. The second kappa shape index (κ2) is 15.6. The van der Waals surface area contributed by atoms with E-state index in [2.05, 4.69) is 4.18 Å². The van der Waals surface area contributed by atoms with Gasteiger partial charge in [0.2, 0.25) is 0 Å². The lowest BCUT2D eigenvalue weighted by molar-refractivity contribution is 0.0513. The van der Waals surface area contributed by atoms with E-state index in [9.17, 15) is 32.5 Å². The Morgan fingerprint density at radius 1 is 0.607 bits per heavy atom. The monoisotopic (exact) mass is 798 g/mol. The lowest BCUT2D eigenvalue weighted by Crippen LogP contribution is -2.09. The molecule has 0 spiro atoms. The molecule has 0 unspecified atom stereocenters. The summed E-state index contributed by atoms with van der Waals surface area (Å²) < 4.78 is 93.5. The Hall–Kier alpha value is -6.60. The van der Waals surface area contributed by atoms with Crippen LogP contribution in [0.5, 0.6) is 34.5 Å². The number of ether oxygens (including phenoxy) is 7. The smallest absolute Gasteiger partial charge is 0.446 e. The Morgan fingerprint density at radius 3 is 1.39 bits per heavy atom. The largest absolute Gasteiger partial charge is 0.493 e. The predicted octanol–water partition coefficient (Wildman–Crippen LogP) is 6.65. The molecule has 0 fully saturated rings. The molecule has 0 radical (unpaired) electrons. The fourth-order valence-corrected chi connectivity index (χ4v) is 6.39. The first-order valence-corrected chi connectivity index (χ1v) is 18.0. The molecule has 0 aliphatic carbocycles. The van der Waals surface area contributed by atoms with E-state index in [1.54, 1.807) is 13.8 Å². The summed E-state index contributed by atoms with van der Waals surface area (Å²) in [5, 5.41) is 10.3. The van der Waals surface area contributed by atoms with Gasteiger partial charge in [0, 0.05) is 34.4 Å². The maximum absolute atomic E-state index is 13.4. The van der Waals surface area contributed by atoms with Gasteiger partial charge in [0.25, 0.3) is 0 Å². The van der Waals surface area contributed by atoms with Gasteiger partial charge < -0.3 is 55.7 Å². The van der Waals surface area contributed by atoms with Crippen molar-refractivity contribution < 1.29 is 83.1 Å². The summed E-state index contributed by atoms with van der Waals surface area (Å²) in [7, 11) is -0.981. The molecule has 296 valence electrons. The van der Waals surface area contributed by atoms with Crippen LogP contribution in [0.15, 0.2) is 49.6 Å². The number of esters is 2. The van der Waals surface area contributed by atoms with Crippen LogP contribution in [0.3, 0.4) is 0 Å². The first kappa shape index (κ1) is 39.1. The van der Waals surface area contributed by atoms with E-state index < -0.39 is 40.7 Å². The van der Waals surface area contributed by atoms with Crippen LogP contribution in [0.1, 0.15) is 62.2 Å². The summed E-state index contributed by atoms with van der Waals surface area (Å²) >= 11 is 0. The van der Waals surface area contributed by atoms with Gasteiger partial charge in [-0.1, -0.05) is 0 Å². The number of aryl methyl sites for hydroxylation is 1. The van der Waals surface area contributed by atoms with E-state index in [4.69, 9.17) is 46.4 Å². The van der Waals surface area contributed by atoms with Crippen LogP contribution in [0.4, 0.5) is 0 Å². The van der Waals surface area contributed by atoms with Gasteiger partial charge in [-0.25, -0.2) is 14.4 Å². The van der Waals surface area contributed by atoms with E-state index in [-0.39, 0.29) is 115 Å². The summed E-state index contributed by atoms with van der Waals surface area (Å²) in [5.74, 6) is -2.57. The maximum atomic E-state index is 13.4. The quantitative estimate of drug-likeness (QED) is 0.0769. The van der Waals surface area contributed by atoms with Crippen molar-refractivity contribution in [3.05, 3.63) is 70.4 Å². The molecule has 6 rings (SSSR count). The van der Waals surface area contributed by atoms with Gasteiger partial charge in [0.15, 0.2) is 46.0 Å². The molecule has 2 N–H and O–H groups in total. The van der Waals surface area contributed by atoms with Crippen LogP contribution in [0.2, 0.25) is 0 Å². The first-order chi connectivity index (χ1) is 26.7. The summed E-state index contributed by atoms with van der Waals surface area (Å²) in [6, 6.07) is 8.25. The number of rotatable bonds is 16. The second-order valence-electron chi connectivity index (χ2n) is 11.7. The Morgan fingerprint density at radius 2 is 1.00 bits per heavy atom. The van der Waals surface area contributed by atoms with Crippen molar-refractivity contribution >= 4 is 61.2 Å². The highest BCUT2D eigenvalue weighted by atomic mass is 32.3. The SMILES string of the molecule is CCOC(=O)c1c(COc2cc3c(C(=O)O)c(C)oc3cc2OC)oc2cc(OC)c(OCc3oc4cc(OC)c(OS(=O)(=O)O)cc4c3C(=O)OCC)cc12. The Kier molecular flexibility index (Phi) is 10.9. The molecule has 19 heteroatoms. The highest BCUT2D eigenvalue weighted by molar-refractivity contribution is 7.81. The molecule has 0 bridgehead atoms. The van der Waals surface area contributed by atoms with Gasteiger partial charge in [-0.15, -0.1) is 0 Å². The standard InChI is InChI=1S/C37H34O18S/c1-7-48-36(40)33-19-10-28(51-16-31-34(37(41)49-8-2)20-11-29(55-56(42,43)44)26(47-6)14-23(20)54-31)25(46-5)13-22(19)53-30(33)15-50-27-9-18-21(12-24(27)45-4)52-17(3)32(18)35(38)39/h9-14H,7-8,15-16H2,1-6H3,(H,38,39)(H,42,43,44). The molecule has 6 aromatic rings.